The summed E-state index contributed by atoms with van der Waals surface area (Å²) >= 11 is 5.87. The Morgan fingerprint density at radius 2 is 2.13 bits per heavy atom. The van der Waals surface area contributed by atoms with Crippen molar-refractivity contribution in [2.45, 2.75) is 6.92 Å². The van der Waals surface area contributed by atoms with E-state index in [-0.39, 0.29) is 5.91 Å². The number of hydrogen-bond acceptors (Lipinski definition) is 2. The summed E-state index contributed by atoms with van der Waals surface area (Å²) in [6.45, 7) is 2.73. The van der Waals surface area contributed by atoms with Crippen LogP contribution >= 0.6 is 11.6 Å². The van der Waals surface area contributed by atoms with E-state index in [1.165, 1.54) is 0 Å². The highest BCUT2D eigenvalue weighted by Gasteiger charge is 2.12. The van der Waals surface area contributed by atoms with Crippen LogP contribution in [-0.2, 0) is 0 Å². The molecule has 0 radical (unpaired) electrons. The van der Waals surface area contributed by atoms with Crippen LogP contribution in [0.15, 0.2) is 18.2 Å². The summed E-state index contributed by atoms with van der Waals surface area (Å²) in [7, 11) is 3.46. The molecule has 0 saturated carbocycles. The fourth-order valence-corrected chi connectivity index (χ4v) is 1.45. The van der Waals surface area contributed by atoms with Crippen molar-refractivity contribution in [2.75, 3.05) is 26.0 Å². The fourth-order valence-electron chi connectivity index (χ4n) is 1.28. The molecule has 0 aliphatic rings. The van der Waals surface area contributed by atoms with Gasteiger partial charge in [0.05, 0.1) is 5.56 Å². The predicted molar refractivity (Wildman–Crippen MR) is 63.6 cm³/mol. The topological polar surface area (TPSA) is 32.3 Å². The lowest BCUT2D eigenvalue weighted by molar-refractivity contribution is 0.0828. The van der Waals surface area contributed by atoms with Crippen molar-refractivity contribution in [3.05, 3.63) is 28.8 Å². The van der Waals surface area contributed by atoms with Crippen LogP contribution < -0.4 is 5.32 Å². The summed E-state index contributed by atoms with van der Waals surface area (Å²) in [4.78, 5) is 13.3. The van der Waals surface area contributed by atoms with Crippen LogP contribution in [0.5, 0.6) is 0 Å². The first-order chi connectivity index (χ1) is 7.06. The van der Waals surface area contributed by atoms with Gasteiger partial charge in [-0.3, -0.25) is 4.79 Å². The summed E-state index contributed by atoms with van der Waals surface area (Å²) in [5, 5.41) is 3.75. The van der Waals surface area contributed by atoms with Crippen molar-refractivity contribution < 1.29 is 4.79 Å². The van der Waals surface area contributed by atoms with Gasteiger partial charge < -0.3 is 10.2 Å². The maximum Gasteiger partial charge on any atom is 0.255 e. The van der Waals surface area contributed by atoms with Gasteiger partial charge in [-0.25, -0.2) is 0 Å². The minimum absolute atomic E-state index is 0.0254. The molecule has 1 rings (SSSR count). The van der Waals surface area contributed by atoms with Gasteiger partial charge in [0.2, 0.25) is 0 Å². The van der Waals surface area contributed by atoms with Crippen LogP contribution in [0.4, 0.5) is 5.69 Å². The number of hydrogen-bond donors (Lipinski definition) is 1. The summed E-state index contributed by atoms with van der Waals surface area (Å²) < 4.78 is 0. The van der Waals surface area contributed by atoms with Crippen molar-refractivity contribution in [3.8, 4) is 0 Å². The summed E-state index contributed by atoms with van der Waals surface area (Å²) in [6.07, 6.45) is 0. The number of amides is 1. The summed E-state index contributed by atoms with van der Waals surface area (Å²) in [5.41, 5.74) is 1.43. The van der Waals surface area contributed by atoms with Crippen molar-refractivity contribution in [2.24, 2.45) is 0 Å². The fraction of sp³-hybridized carbons (Fsp3) is 0.364. The second-order valence-electron chi connectivity index (χ2n) is 3.42. The first kappa shape index (κ1) is 11.9. The van der Waals surface area contributed by atoms with Crippen LogP contribution in [0.1, 0.15) is 17.3 Å². The molecular formula is C11H15ClN2O. The van der Waals surface area contributed by atoms with Crippen LogP contribution in [0.3, 0.4) is 0 Å². The Balaban J connectivity index is 3.10. The van der Waals surface area contributed by atoms with Crippen molar-refractivity contribution >= 4 is 23.2 Å². The van der Waals surface area contributed by atoms with Gasteiger partial charge in [0.1, 0.15) is 0 Å². The van der Waals surface area contributed by atoms with E-state index in [0.29, 0.717) is 10.6 Å². The maximum absolute atomic E-state index is 11.8. The van der Waals surface area contributed by atoms with Gasteiger partial charge in [-0.05, 0) is 25.1 Å². The second-order valence-corrected chi connectivity index (χ2v) is 3.86. The Morgan fingerprint density at radius 3 is 2.67 bits per heavy atom. The Morgan fingerprint density at radius 1 is 1.47 bits per heavy atom. The average molecular weight is 227 g/mol. The number of benzene rings is 1. The molecule has 0 atom stereocenters. The Bertz CT molecular complexity index is 364. The highest BCUT2D eigenvalue weighted by atomic mass is 35.5. The van der Waals surface area contributed by atoms with E-state index in [2.05, 4.69) is 5.32 Å². The molecule has 82 valence electrons. The largest absolute Gasteiger partial charge is 0.385 e. The summed E-state index contributed by atoms with van der Waals surface area (Å²) in [6, 6.07) is 5.23. The SMILES string of the molecule is CCNc1cc(Cl)ccc1C(=O)N(C)C. The van der Waals surface area contributed by atoms with E-state index >= 15 is 0 Å². The van der Waals surface area contributed by atoms with E-state index in [1.54, 1.807) is 37.2 Å². The minimum Gasteiger partial charge on any atom is -0.385 e. The zero-order valence-corrected chi connectivity index (χ0v) is 9.93. The van der Waals surface area contributed by atoms with Gasteiger partial charge in [-0.2, -0.15) is 0 Å². The predicted octanol–water partition coefficient (Wildman–Crippen LogP) is 2.47. The Kier molecular flexibility index (Phi) is 3.97. The molecule has 0 aliphatic heterocycles. The molecule has 0 unspecified atom stereocenters. The molecule has 4 heteroatoms. The zero-order chi connectivity index (χ0) is 11.4. The molecule has 1 amide bonds. The molecule has 1 N–H and O–H groups in total. The van der Waals surface area contributed by atoms with Gasteiger partial charge in [-0.15, -0.1) is 0 Å². The molecule has 15 heavy (non-hydrogen) atoms. The Hall–Kier alpha value is -1.22. The average Bonchev–Trinajstić information content (AvgIpc) is 2.17. The molecule has 0 saturated heterocycles. The summed E-state index contributed by atoms with van der Waals surface area (Å²) in [5.74, 6) is -0.0254. The minimum atomic E-state index is -0.0254. The molecule has 0 aliphatic carbocycles. The van der Waals surface area contributed by atoms with Gasteiger partial charge in [0, 0.05) is 31.4 Å². The molecule has 0 aromatic heterocycles. The third kappa shape index (κ3) is 2.86. The maximum atomic E-state index is 11.8. The number of rotatable bonds is 3. The molecule has 1 aromatic rings. The quantitative estimate of drug-likeness (QED) is 0.859. The molecular weight excluding hydrogens is 212 g/mol. The molecule has 0 bridgehead atoms. The second kappa shape index (κ2) is 5.03. The highest BCUT2D eigenvalue weighted by Crippen LogP contribution is 2.21. The van der Waals surface area contributed by atoms with Gasteiger partial charge in [0.25, 0.3) is 5.91 Å². The number of anilines is 1. The van der Waals surface area contributed by atoms with Gasteiger partial charge in [0.15, 0.2) is 0 Å². The van der Waals surface area contributed by atoms with E-state index < -0.39 is 0 Å². The highest BCUT2D eigenvalue weighted by molar-refractivity contribution is 6.31. The molecule has 0 heterocycles. The van der Waals surface area contributed by atoms with Crippen molar-refractivity contribution in [1.82, 2.24) is 4.90 Å². The molecule has 3 nitrogen and oxygen atoms in total. The van der Waals surface area contributed by atoms with E-state index in [1.807, 2.05) is 6.92 Å². The molecule has 0 fully saturated rings. The van der Waals surface area contributed by atoms with Gasteiger partial charge in [-0.1, -0.05) is 11.6 Å². The lowest BCUT2D eigenvalue weighted by atomic mass is 10.1. The van der Waals surface area contributed by atoms with Crippen LogP contribution in [0.25, 0.3) is 0 Å². The lowest BCUT2D eigenvalue weighted by Gasteiger charge is -2.14. The van der Waals surface area contributed by atoms with Crippen LogP contribution in [0.2, 0.25) is 5.02 Å². The number of carbonyl (C=O) groups excluding carboxylic acids is 1. The number of halogens is 1. The third-order valence-corrected chi connectivity index (χ3v) is 2.22. The lowest BCUT2D eigenvalue weighted by Crippen LogP contribution is -2.22. The molecule has 0 spiro atoms. The van der Waals surface area contributed by atoms with E-state index in [9.17, 15) is 4.79 Å². The smallest absolute Gasteiger partial charge is 0.255 e. The third-order valence-electron chi connectivity index (χ3n) is 1.99. The number of nitrogens with one attached hydrogen (secondary N) is 1. The van der Waals surface area contributed by atoms with Crippen molar-refractivity contribution in [1.29, 1.82) is 0 Å². The first-order valence-corrected chi connectivity index (χ1v) is 5.19. The normalized spacial score (nSPS) is 9.87. The zero-order valence-electron chi connectivity index (χ0n) is 9.17. The molecule has 1 aromatic carbocycles. The first-order valence-electron chi connectivity index (χ1n) is 4.81. The standard InChI is InChI=1S/C11H15ClN2O/c1-4-13-10-7-8(12)5-6-9(10)11(15)14(2)3/h5-7,13H,4H2,1-3H3. The monoisotopic (exact) mass is 226 g/mol. The van der Waals surface area contributed by atoms with E-state index in [4.69, 9.17) is 11.6 Å². The van der Waals surface area contributed by atoms with Crippen LogP contribution in [-0.4, -0.2) is 31.4 Å². The van der Waals surface area contributed by atoms with Crippen LogP contribution in [0, 0.1) is 0 Å². The van der Waals surface area contributed by atoms with Gasteiger partial charge >= 0.3 is 0 Å². The van der Waals surface area contributed by atoms with Crippen molar-refractivity contribution in [3.63, 3.8) is 0 Å². The number of carbonyl (C=O) groups is 1. The Labute approximate surface area is 95.0 Å². The number of nitrogens with zero attached hydrogens (tertiary/aromatic N) is 1. The van der Waals surface area contributed by atoms with E-state index in [0.717, 1.165) is 12.2 Å².